The van der Waals surface area contributed by atoms with Crippen LogP contribution in [0, 0.1) is 0 Å². The first-order chi connectivity index (χ1) is 13.8. The SMILES string of the molecule is CC[C@@H]1CSC2=N[C@@H](c3ccccn3)[C@@H](c3ccc(N4CCCC4)c(Cl)c3)N21. The summed E-state index contributed by atoms with van der Waals surface area (Å²) in [5.74, 6) is 1.11. The van der Waals surface area contributed by atoms with Crippen LogP contribution in [0.3, 0.4) is 0 Å². The molecule has 0 aliphatic carbocycles. The van der Waals surface area contributed by atoms with Crippen LogP contribution in [0.1, 0.15) is 49.5 Å². The van der Waals surface area contributed by atoms with E-state index in [1.807, 2.05) is 24.0 Å². The molecule has 0 unspecified atom stereocenters. The van der Waals surface area contributed by atoms with Crippen LogP contribution in [0.2, 0.25) is 5.02 Å². The molecule has 146 valence electrons. The van der Waals surface area contributed by atoms with Crippen LogP contribution in [0.25, 0.3) is 0 Å². The van der Waals surface area contributed by atoms with Gasteiger partial charge in [-0.15, -0.1) is 0 Å². The van der Waals surface area contributed by atoms with E-state index >= 15 is 0 Å². The molecule has 2 fully saturated rings. The van der Waals surface area contributed by atoms with Gasteiger partial charge in [0, 0.05) is 31.1 Å². The van der Waals surface area contributed by atoms with Gasteiger partial charge in [0.2, 0.25) is 0 Å². The maximum absolute atomic E-state index is 6.78. The number of pyridine rings is 1. The number of amidine groups is 1. The summed E-state index contributed by atoms with van der Waals surface area (Å²) >= 11 is 8.65. The molecule has 1 aromatic heterocycles. The fourth-order valence-corrected chi connectivity index (χ4v) is 6.28. The van der Waals surface area contributed by atoms with Crippen LogP contribution in [0.5, 0.6) is 0 Å². The molecular weight excluding hydrogens is 388 g/mol. The van der Waals surface area contributed by atoms with Crippen molar-refractivity contribution >= 4 is 34.2 Å². The van der Waals surface area contributed by atoms with Crippen LogP contribution in [-0.2, 0) is 0 Å². The molecule has 0 spiro atoms. The van der Waals surface area contributed by atoms with Crippen molar-refractivity contribution in [1.82, 2.24) is 9.88 Å². The number of benzene rings is 1. The molecule has 5 rings (SSSR count). The van der Waals surface area contributed by atoms with Gasteiger partial charge in [0.05, 0.1) is 22.4 Å². The predicted molar refractivity (Wildman–Crippen MR) is 118 cm³/mol. The van der Waals surface area contributed by atoms with E-state index in [1.54, 1.807) is 0 Å². The van der Waals surface area contributed by atoms with Gasteiger partial charge in [-0.1, -0.05) is 42.4 Å². The minimum absolute atomic E-state index is 0.0201. The second-order valence-corrected chi connectivity index (χ2v) is 9.14. The van der Waals surface area contributed by atoms with Crippen molar-refractivity contribution in [3.8, 4) is 0 Å². The lowest BCUT2D eigenvalue weighted by Gasteiger charge is -2.32. The number of halogens is 1. The number of aliphatic imine (C=N–C) groups is 1. The lowest BCUT2D eigenvalue weighted by atomic mass is 9.95. The number of fused-ring (bicyclic) bond motifs is 1. The maximum atomic E-state index is 6.78. The Morgan fingerprint density at radius 3 is 2.75 bits per heavy atom. The molecular formula is C22H25ClN4S. The smallest absolute Gasteiger partial charge is 0.160 e. The van der Waals surface area contributed by atoms with Gasteiger partial charge in [-0.3, -0.25) is 9.98 Å². The van der Waals surface area contributed by atoms with E-state index < -0.39 is 0 Å². The van der Waals surface area contributed by atoms with Crippen LogP contribution >= 0.6 is 23.4 Å². The molecule has 6 heteroatoms. The second-order valence-electron chi connectivity index (χ2n) is 7.74. The van der Waals surface area contributed by atoms with Crippen molar-refractivity contribution in [3.05, 3.63) is 58.9 Å². The zero-order valence-corrected chi connectivity index (χ0v) is 17.7. The number of anilines is 1. The Morgan fingerprint density at radius 1 is 1.18 bits per heavy atom. The minimum Gasteiger partial charge on any atom is -0.370 e. The highest BCUT2D eigenvalue weighted by Gasteiger charge is 2.45. The predicted octanol–water partition coefficient (Wildman–Crippen LogP) is 5.31. The molecule has 0 N–H and O–H groups in total. The first-order valence-corrected chi connectivity index (χ1v) is 11.6. The second kappa shape index (κ2) is 7.60. The molecule has 28 heavy (non-hydrogen) atoms. The number of nitrogens with zero attached hydrogens (tertiary/aromatic N) is 4. The molecule has 0 bridgehead atoms. The number of rotatable bonds is 4. The average molecular weight is 413 g/mol. The summed E-state index contributed by atoms with van der Waals surface area (Å²) in [6.07, 6.45) is 5.49. The molecule has 0 amide bonds. The highest BCUT2D eigenvalue weighted by atomic mass is 35.5. The van der Waals surface area contributed by atoms with E-state index in [4.69, 9.17) is 16.6 Å². The Bertz CT molecular complexity index is 881. The van der Waals surface area contributed by atoms with Gasteiger partial charge in [-0.05, 0) is 49.1 Å². The Kier molecular flexibility index (Phi) is 4.97. The van der Waals surface area contributed by atoms with Crippen molar-refractivity contribution in [3.63, 3.8) is 0 Å². The van der Waals surface area contributed by atoms with Gasteiger partial charge >= 0.3 is 0 Å². The summed E-state index contributed by atoms with van der Waals surface area (Å²) in [6, 6.07) is 13.4. The Morgan fingerprint density at radius 2 is 2.04 bits per heavy atom. The van der Waals surface area contributed by atoms with Gasteiger partial charge in [0.25, 0.3) is 0 Å². The van der Waals surface area contributed by atoms with E-state index in [9.17, 15) is 0 Å². The molecule has 4 heterocycles. The minimum atomic E-state index is 0.0201. The number of aromatic nitrogens is 1. The third-order valence-electron chi connectivity index (χ3n) is 6.09. The lowest BCUT2D eigenvalue weighted by Crippen LogP contribution is -2.35. The van der Waals surface area contributed by atoms with Crippen LogP contribution in [-0.4, -0.2) is 39.9 Å². The van der Waals surface area contributed by atoms with E-state index in [0.29, 0.717) is 6.04 Å². The highest BCUT2D eigenvalue weighted by Crippen LogP contribution is 2.49. The number of hydrogen-bond acceptors (Lipinski definition) is 5. The van der Waals surface area contributed by atoms with Crippen molar-refractivity contribution in [2.75, 3.05) is 23.7 Å². The van der Waals surface area contributed by atoms with E-state index in [1.165, 1.54) is 24.1 Å². The summed E-state index contributed by atoms with van der Waals surface area (Å²) in [5.41, 5.74) is 3.44. The Balaban J connectivity index is 1.54. The summed E-state index contributed by atoms with van der Waals surface area (Å²) in [7, 11) is 0. The molecule has 0 radical (unpaired) electrons. The van der Waals surface area contributed by atoms with E-state index in [-0.39, 0.29) is 12.1 Å². The number of hydrogen-bond donors (Lipinski definition) is 0. The highest BCUT2D eigenvalue weighted by molar-refractivity contribution is 8.14. The molecule has 3 aliphatic rings. The zero-order valence-electron chi connectivity index (χ0n) is 16.1. The van der Waals surface area contributed by atoms with Crippen LogP contribution in [0.15, 0.2) is 47.6 Å². The van der Waals surface area contributed by atoms with Gasteiger partial charge in [-0.25, -0.2) is 0 Å². The fraction of sp³-hybridized carbons (Fsp3) is 0.455. The Labute approximate surface area is 176 Å². The quantitative estimate of drug-likeness (QED) is 0.680. The largest absolute Gasteiger partial charge is 0.370 e. The topological polar surface area (TPSA) is 31.7 Å². The van der Waals surface area contributed by atoms with Gasteiger partial charge < -0.3 is 9.80 Å². The van der Waals surface area contributed by atoms with Gasteiger partial charge in [-0.2, -0.15) is 0 Å². The standard InChI is InChI=1S/C22H25ClN4S/c1-2-16-14-28-22-25-20(18-7-3-4-10-24-18)21(27(16)22)15-8-9-19(17(23)13-15)26-11-5-6-12-26/h3-4,7-10,13,16,20-21H,2,5-6,11-12,14H2,1H3/t16-,20+,21-/m1/s1. The third kappa shape index (κ3) is 3.09. The number of thioether (sulfide) groups is 1. The average Bonchev–Trinajstić information content (AvgIpc) is 3.45. The van der Waals surface area contributed by atoms with Crippen molar-refractivity contribution in [2.24, 2.45) is 4.99 Å². The van der Waals surface area contributed by atoms with Crippen molar-refractivity contribution < 1.29 is 0 Å². The van der Waals surface area contributed by atoms with Crippen LogP contribution in [0.4, 0.5) is 5.69 Å². The molecule has 2 aromatic rings. The molecule has 4 nitrogen and oxygen atoms in total. The van der Waals surface area contributed by atoms with Crippen LogP contribution < -0.4 is 4.90 Å². The third-order valence-corrected chi connectivity index (χ3v) is 7.52. The lowest BCUT2D eigenvalue weighted by molar-refractivity contribution is 0.255. The van der Waals surface area contributed by atoms with Crippen molar-refractivity contribution in [2.45, 2.75) is 44.3 Å². The molecule has 3 aliphatic heterocycles. The molecule has 3 atom stereocenters. The normalized spacial score (nSPS) is 26.6. The van der Waals surface area contributed by atoms with E-state index in [2.05, 4.69) is 52.0 Å². The van der Waals surface area contributed by atoms with Crippen molar-refractivity contribution in [1.29, 1.82) is 0 Å². The maximum Gasteiger partial charge on any atom is 0.160 e. The van der Waals surface area contributed by atoms with Gasteiger partial charge in [0.15, 0.2) is 5.17 Å². The molecule has 2 saturated heterocycles. The zero-order chi connectivity index (χ0) is 19.1. The summed E-state index contributed by atoms with van der Waals surface area (Å²) < 4.78 is 0. The first kappa shape index (κ1) is 18.3. The Hall–Kier alpha value is -1.72. The summed E-state index contributed by atoms with van der Waals surface area (Å²) in [4.78, 5) is 14.7. The first-order valence-electron chi connectivity index (χ1n) is 10.2. The molecule has 0 saturated carbocycles. The monoisotopic (exact) mass is 412 g/mol. The summed E-state index contributed by atoms with van der Waals surface area (Å²) in [5, 5.41) is 2.01. The molecule has 1 aromatic carbocycles. The fourth-order valence-electron chi connectivity index (χ4n) is 4.63. The van der Waals surface area contributed by atoms with Gasteiger partial charge in [0.1, 0.15) is 6.04 Å². The van der Waals surface area contributed by atoms with E-state index in [0.717, 1.165) is 41.1 Å². The summed E-state index contributed by atoms with van der Waals surface area (Å²) in [6.45, 7) is 4.47.